The normalized spacial score (nSPS) is 30.3. The Morgan fingerprint density at radius 2 is 2.14 bits per heavy atom. The van der Waals surface area contributed by atoms with Crippen molar-refractivity contribution in [2.45, 2.75) is 11.8 Å². The lowest BCUT2D eigenvalue weighted by molar-refractivity contribution is 0.166. The number of benzene rings is 1. The quantitative estimate of drug-likeness (QED) is 0.751. The fourth-order valence-electron chi connectivity index (χ4n) is 2.22. The topological polar surface area (TPSA) is 9.23 Å². The molecule has 1 saturated carbocycles. The highest BCUT2D eigenvalue weighted by molar-refractivity contribution is 9.09. The number of hydrogen-bond acceptors (Lipinski definition) is 1. The second kappa shape index (κ2) is 4.03. The molecule has 1 aliphatic rings. The van der Waals surface area contributed by atoms with Gasteiger partial charge in [0.2, 0.25) is 0 Å². The average molecular weight is 255 g/mol. The molecule has 0 bridgehead atoms. The van der Waals surface area contributed by atoms with E-state index in [-0.39, 0.29) is 0 Å². The molecule has 1 fully saturated rings. The summed E-state index contributed by atoms with van der Waals surface area (Å²) in [6, 6.07) is 10.7. The summed E-state index contributed by atoms with van der Waals surface area (Å²) in [4.78, 5) is 0. The lowest BCUT2D eigenvalue weighted by Gasteiger charge is -2.16. The molecular formula is C12H15BrO. The van der Waals surface area contributed by atoms with E-state index in [2.05, 4.69) is 46.3 Å². The van der Waals surface area contributed by atoms with Gasteiger partial charge in [0.15, 0.2) is 0 Å². The van der Waals surface area contributed by atoms with E-state index in [1.807, 2.05) is 0 Å². The van der Waals surface area contributed by atoms with Crippen LogP contribution in [0.5, 0.6) is 0 Å². The molecule has 1 nitrogen and oxygen atoms in total. The number of rotatable bonds is 4. The Morgan fingerprint density at radius 1 is 1.43 bits per heavy atom. The first-order valence-electron chi connectivity index (χ1n) is 4.94. The van der Waals surface area contributed by atoms with E-state index < -0.39 is 0 Å². The van der Waals surface area contributed by atoms with Crippen LogP contribution in [0.25, 0.3) is 0 Å². The standard InChI is InChI=1S/C12H15BrO/c1-14-9-12(7-11(12)8-13)10-5-3-2-4-6-10/h2-6,11H,7-9H2,1H3. The lowest BCUT2D eigenvalue weighted by Crippen LogP contribution is -2.17. The van der Waals surface area contributed by atoms with Crippen LogP contribution >= 0.6 is 15.9 Å². The molecule has 0 heterocycles. The lowest BCUT2D eigenvalue weighted by atomic mass is 9.94. The van der Waals surface area contributed by atoms with Crippen LogP contribution in [0.15, 0.2) is 30.3 Å². The molecule has 2 atom stereocenters. The zero-order chi connectivity index (χ0) is 10.0. The number of alkyl halides is 1. The Hall–Kier alpha value is -0.340. The van der Waals surface area contributed by atoms with Gasteiger partial charge in [0.05, 0.1) is 6.61 Å². The molecular weight excluding hydrogens is 240 g/mol. The van der Waals surface area contributed by atoms with E-state index >= 15 is 0 Å². The van der Waals surface area contributed by atoms with Crippen LogP contribution < -0.4 is 0 Å². The van der Waals surface area contributed by atoms with Crippen LogP contribution in [-0.4, -0.2) is 19.0 Å². The minimum atomic E-state index is 0.291. The van der Waals surface area contributed by atoms with Gasteiger partial charge < -0.3 is 4.74 Å². The van der Waals surface area contributed by atoms with E-state index in [9.17, 15) is 0 Å². The van der Waals surface area contributed by atoms with Crippen LogP contribution in [-0.2, 0) is 10.2 Å². The van der Waals surface area contributed by atoms with Gasteiger partial charge >= 0.3 is 0 Å². The van der Waals surface area contributed by atoms with Crippen molar-refractivity contribution in [3.05, 3.63) is 35.9 Å². The third kappa shape index (κ3) is 1.61. The molecule has 2 unspecified atom stereocenters. The highest BCUT2D eigenvalue weighted by Gasteiger charge is 2.54. The van der Waals surface area contributed by atoms with E-state index in [4.69, 9.17) is 4.74 Å². The SMILES string of the molecule is COCC1(c2ccccc2)CC1CBr. The molecule has 1 aliphatic carbocycles. The van der Waals surface area contributed by atoms with Crippen molar-refractivity contribution in [2.24, 2.45) is 5.92 Å². The molecule has 0 spiro atoms. The third-order valence-electron chi connectivity index (χ3n) is 3.17. The van der Waals surface area contributed by atoms with Crippen LogP contribution in [0.4, 0.5) is 0 Å². The summed E-state index contributed by atoms with van der Waals surface area (Å²) in [5.74, 6) is 0.741. The minimum absolute atomic E-state index is 0.291. The van der Waals surface area contributed by atoms with Crippen molar-refractivity contribution in [3.63, 3.8) is 0 Å². The smallest absolute Gasteiger partial charge is 0.0562 e. The van der Waals surface area contributed by atoms with Gasteiger partial charge in [0.25, 0.3) is 0 Å². The summed E-state index contributed by atoms with van der Waals surface area (Å²) in [5.41, 5.74) is 1.71. The predicted octanol–water partition coefficient (Wildman–Crippen LogP) is 2.99. The molecule has 0 aromatic heterocycles. The second-order valence-corrected chi connectivity index (χ2v) is 4.66. The van der Waals surface area contributed by atoms with Gasteiger partial charge in [-0.25, -0.2) is 0 Å². The highest BCUT2D eigenvalue weighted by atomic mass is 79.9. The van der Waals surface area contributed by atoms with Gasteiger partial charge in [0, 0.05) is 17.9 Å². The van der Waals surface area contributed by atoms with Crippen molar-refractivity contribution in [2.75, 3.05) is 19.0 Å². The van der Waals surface area contributed by atoms with Crippen LogP contribution in [0.2, 0.25) is 0 Å². The molecule has 0 N–H and O–H groups in total. The molecule has 14 heavy (non-hydrogen) atoms. The van der Waals surface area contributed by atoms with Crippen LogP contribution in [0.1, 0.15) is 12.0 Å². The van der Waals surface area contributed by atoms with E-state index in [0.29, 0.717) is 5.41 Å². The Kier molecular flexibility index (Phi) is 2.93. The maximum Gasteiger partial charge on any atom is 0.0562 e. The molecule has 0 amide bonds. The van der Waals surface area contributed by atoms with Crippen molar-refractivity contribution < 1.29 is 4.74 Å². The maximum atomic E-state index is 5.33. The molecule has 1 aromatic rings. The zero-order valence-electron chi connectivity index (χ0n) is 8.37. The molecule has 0 saturated heterocycles. The van der Waals surface area contributed by atoms with E-state index in [1.54, 1.807) is 7.11 Å². The average Bonchev–Trinajstić information content (AvgIpc) is 2.95. The summed E-state index contributed by atoms with van der Waals surface area (Å²) in [7, 11) is 1.79. The predicted molar refractivity (Wildman–Crippen MR) is 61.9 cm³/mol. The van der Waals surface area contributed by atoms with Gasteiger partial charge in [-0.1, -0.05) is 46.3 Å². The van der Waals surface area contributed by atoms with Crippen molar-refractivity contribution >= 4 is 15.9 Å². The summed E-state index contributed by atoms with van der Waals surface area (Å²) in [5, 5.41) is 1.07. The number of halogens is 1. The first-order valence-corrected chi connectivity index (χ1v) is 6.06. The Bertz CT molecular complexity index is 298. The maximum absolute atomic E-state index is 5.33. The zero-order valence-corrected chi connectivity index (χ0v) is 9.96. The molecule has 2 rings (SSSR count). The van der Waals surface area contributed by atoms with Gasteiger partial charge in [0.1, 0.15) is 0 Å². The fourth-order valence-corrected chi connectivity index (χ4v) is 3.07. The monoisotopic (exact) mass is 254 g/mol. The van der Waals surface area contributed by atoms with Crippen molar-refractivity contribution in [1.29, 1.82) is 0 Å². The molecule has 0 radical (unpaired) electrons. The van der Waals surface area contributed by atoms with Crippen LogP contribution in [0, 0.1) is 5.92 Å². The third-order valence-corrected chi connectivity index (χ3v) is 3.95. The van der Waals surface area contributed by atoms with Crippen LogP contribution in [0.3, 0.4) is 0 Å². The summed E-state index contributed by atoms with van der Waals surface area (Å²) >= 11 is 3.56. The van der Waals surface area contributed by atoms with Crippen molar-refractivity contribution in [3.8, 4) is 0 Å². The molecule has 0 aliphatic heterocycles. The largest absolute Gasteiger partial charge is 0.384 e. The molecule has 1 aromatic carbocycles. The fraction of sp³-hybridized carbons (Fsp3) is 0.500. The number of methoxy groups -OCH3 is 1. The van der Waals surface area contributed by atoms with E-state index in [1.165, 1.54) is 12.0 Å². The first-order chi connectivity index (χ1) is 6.83. The van der Waals surface area contributed by atoms with Crippen molar-refractivity contribution in [1.82, 2.24) is 0 Å². The Labute approximate surface area is 93.6 Å². The summed E-state index contributed by atoms with van der Waals surface area (Å²) < 4.78 is 5.33. The van der Waals surface area contributed by atoms with Gasteiger partial charge in [-0.15, -0.1) is 0 Å². The van der Waals surface area contributed by atoms with Gasteiger partial charge in [-0.2, -0.15) is 0 Å². The highest BCUT2D eigenvalue weighted by Crippen LogP contribution is 2.55. The van der Waals surface area contributed by atoms with E-state index in [0.717, 1.165) is 17.9 Å². The Balaban J connectivity index is 2.22. The molecule has 2 heteroatoms. The number of hydrogen-bond donors (Lipinski definition) is 0. The summed E-state index contributed by atoms with van der Waals surface area (Å²) in [6.07, 6.45) is 1.25. The number of ether oxygens (including phenoxy) is 1. The second-order valence-electron chi connectivity index (χ2n) is 4.01. The molecule has 76 valence electrons. The summed E-state index contributed by atoms with van der Waals surface area (Å²) in [6.45, 7) is 0.841. The Morgan fingerprint density at radius 3 is 2.64 bits per heavy atom. The minimum Gasteiger partial charge on any atom is -0.384 e. The first kappa shape index (κ1) is 10.2. The van der Waals surface area contributed by atoms with Gasteiger partial charge in [-0.05, 0) is 17.9 Å². The van der Waals surface area contributed by atoms with Gasteiger partial charge in [-0.3, -0.25) is 0 Å².